The summed E-state index contributed by atoms with van der Waals surface area (Å²) in [5.74, 6) is -1.03. The minimum absolute atomic E-state index is 0.0873. The second-order valence-corrected chi connectivity index (χ2v) is 3.26. The Balaban J connectivity index is 2.53. The van der Waals surface area contributed by atoms with Crippen LogP contribution < -0.4 is 0 Å². The third-order valence-electron chi connectivity index (χ3n) is 2.17. The highest BCUT2D eigenvalue weighted by Gasteiger charge is 2.15. The Bertz CT molecular complexity index is 548. The molecule has 0 aliphatic carbocycles. The molecule has 2 aromatic rings. The van der Waals surface area contributed by atoms with E-state index < -0.39 is 5.97 Å². The van der Waals surface area contributed by atoms with E-state index in [0.29, 0.717) is 11.4 Å². The highest BCUT2D eigenvalue weighted by Crippen LogP contribution is 2.16. The Hall–Kier alpha value is -2.37. The van der Waals surface area contributed by atoms with Gasteiger partial charge in [0.2, 0.25) is 0 Å². The van der Waals surface area contributed by atoms with Gasteiger partial charge in [-0.15, -0.1) is 5.10 Å². The molecule has 1 heterocycles. The van der Waals surface area contributed by atoms with Crippen LogP contribution in [0.25, 0.3) is 5.69 Å². The summed E-state index contributed by atoms with van der Waals surface area (Å²) in [6.07, 6.45) is 0. The Labute approximate surface area is 90.8 Å². The van der Waals surface area contributed by atoms with Crippen LogP contribution in [0.15, 0.2) is 24.3 Å². The molecule has 6 heteroatoms. The van der Waals surface area contributed by atoms with Crippen molar-refractivity contribution in [1.29, 1.82) is 0 Å². The fourth-order valence-corrected chi connectivity index (χ4v) is 1.40. The Morgan fingerprint density at radius 3 is 2.75 bits per heavy atom. The number of carboxylic acids is 1. The van der Waals surface area contributed by atoms with E-state index in [0.717, 1.165) is 0 Å². The molecule has 0 spiro atoms. The van der Waals surface area contributed by atoms with E-state index in [4.69, 9.17) is 5.11 Å². The smallest absolute Gasteiger partial charge is 0.358 e. The van der Waals surface area contributed by atoms with Gasteiger partial charge in [0.1, 0.15) is 5.75 Å². The number of phenols is 1. The SMILES string of the molecule is Cc1c(C(=O)O)nnn1-c1cccc(O)c1. The summed E-state index contributed by atoms with van der Waals surface area (Å²) >= 11 is 0. The number of aromatic carboxylic acids is 1. The third-order valence-corrected chi connectivity index (χ3v) is 2.17. The van der Waals surface area contributed by atoms with Crippen molar-refractivity contribution >= 4 is 5.97 Å². The normalized spacial score (nSPS) is 10.3. The van der Waals surface area contributed by atoms with Gasteiger partial charge in [-0.3, -0.25) is 0 Å². The summed E-state index contributed by atoms with van der Waals surface area (Å²) in [5, 5.41) is 25.4. The van der Waals surface area contributed by atoms with Gasteiger partial charge in [0, 0.05) is 6.07 Å². The van der Waals surface area contributed by atoms with Crippen LogP contribution >= 0.6 is 0 Å². The average molecular weight is 219 g/mol. The first-order chi connectivity index (χ1) is 7.59. The molecule has 0 saturated carbocycles. The van der Waals surface area contributed by atoms with Gasteiger partial charge in [-0.05, 0) is 19.1 Å². The number of aromatic hydroxyl groups is 1. The molecule has 0 unspecified atom stereocenters. The molecule has 1 aromatic heterocycles. The molecule has 0 aliphatic rings. The molecule has 2 rings (SSSR count). The Morgan fingerprint density at radius 1 is 1.44 bits per heavy atom. The van der Waals surface area contributed by atoms with Crippen LogP contribution in [0, 0.1) is 6.92 Å². The zero-order valence-electron chi connectivity index (χ0n) is 8.45. The lowest BCUT2D eigenvalue weighted by Gasteiger charge is -2.02. The molecule has 0 fully saturated rings. The standard InChI is InChI=1S/C10H9N3O3/c1-6-9(10(15)16)11-12-13(6)7-3-2-4-8(14)5-7/h2-5,14H,1H3,(H,15,16). The number of nitrogens with zero attached hydrogens (tertiary/aromatic N) is 3. The van der Waals surface area contributed by atoms with Gasteiger partial charge < -0.3 is 10.2 Å². The van der Waals surface area contributed by atoms with Gasteiger partial charge in [-0.2, -0.15) is 0 Å². The first-order valence-electron chi connectivity index (χ1n) is 4.54. The van der Waals surface area contributed by atoms with Crippen molar-refractivity contribution in [3.05, 3.63) is 35.7 Å². The lowest BCUT2D eigenvalue weighted by molar-refractivity contribution is 0.0689. The topological polar surface area (TPSA) is 88.2 Å². The number of carbonyl (C=O) groups is 1. The molecule has 0 aliphatic heterocycles. The van der Waals surface area contributed by atoms with Crippen molar-refractivity contribution in [3.8, 4) is 11.4 Å². The molecule has 6 nitrogen and oxygen atoms in total. The number of phenolic OH excluding ortho intramolecular Hbond substituents is 1. The molecule has 0 saturated heterocycles. The molecule has 0 atom stereocenters. The van der Waals surface area contributed by atoms with Crippen LogP contribution in [0.3, 0.4) is 0 Å². The van der Waals surface area contributed by atoms with Crippen molar-refractivity contribution in [3.63, 3.8) is 0 Å². The van der Waals surface area contributed by atoms with Crippen molar-refractivity contribution in [2.24, 2.45) is 0 Å². The number of carboxylic acid groups (broad SMARTS) is 1. The van der Waals surface area contributed by atoms with Crippen LogP contribution in [0.4, 0.5) is 0 Å². The summed E-state index contributed by atoms with van der Waals surface area (Å²) in [6, 6.07) is 6.35. The van der Waals surface area contributed by atoms with E-state index >= 15 is 0 Å². The Morgan fingerprint density at radius 2 is 2.19 bits per heavy atom. The van der Waals surface area contributed by atoms with Gasteiger partial charge in [-0.25, -0.2) is 9.48 Å². The highest BCUT2D eigenvalue weighted by atomic mass is 16.4. The van der Waals surface area contributed by atoms with Crippen LogP contribution in [-0.4, -0.2) is 31.2 Å². The molecule has 0 bridgehead atoms. The number of hydrogen-bond donors (Lipinski definition) is 2. The van der Waals surface area contributed by atoms with E-state index in [9.17, 15) is 9.90 Å². The fraction of sp³-hybridized carbons (Fsp3) is 0.100. The summed E-state index contributed by atoms with van der Waals surface area (Å²) in [4.78, 5) is 10.8. The molecule has 0 amide bonds. The van der Waals surface area contributed by atoms with E-state index in [1.165, 1.54) is 16.8 Å². The zero-order valence-corrected chi connectivity index (χ0v) is 8.45. The summed E-state index contributed by atoms with van der Waals surface area (Å²) < 4.78 is 1.36. The zero-order chi connectivity index (χ0) is 11.7. The first kappa shape index (κ1) is 10.2. The molecule has 0 radical (unpaired) electrons. The lowest BCUT2D eigenvalue weighted by atomic mass is 10.3. The van der Waals surface area contributed by atoms with Crippen LogP contribution in [0.2, 0.25) is 0 Å². The number of hydrogen-bond acceptors (Lipinski definition) is 4. The molecule has 82 valence electrons. The van der Waals surface area contributed by atoms with Crippen LogP contribution in [0.1, 0.15) is 16.2 Å². The minimum Gasteiger partial charge on any atom is -0.508 e. The summed E-state index contributed by atoms with van der Waals surface area (Å²) in [6.45, 7) is 1.60. The van der Waals surface area contributed by atoms with Gasteiger partial charge in [-0.1, -0.05) is 11.3 Å². The van der Waals surface area contributed by atoms with E-state index in [1.54, 1.807) is 19.1 Å². The van der Waals surface area contributed by atoms with Crippen LogP contribution in [0.5, 0.6) is 5.75 Å². The molecule has 1 aromatic carbocycles. The fourth-order valence-electron chi connectivity index (χ4n) is 1.40. The molecular weight excluding hydrogens is 210 g/mol. The number of aromatic nitrogens is 3. The first-order valence-corrected chi connectivity index (χ1v) is 4.54. The maximum atomic E-state index is 10.8. The van der Waals surface area contributed by atoms with Gasteiger partial charge >= 0.3 is 5.97 Å². The lowest BCUT2D eigenvalue weighted by Crippen LogP contribution is -2.02. The quantitative estimate of drug-likeness (QED) is 0.785. The maximum absolute atomic E-state index is 10.8. The molecule has 2 N–H and O–H groups in total. The Kier molecular flexibility index (Phi) is 2.32. The van der Waals surface area contributed by atoms with E-state index in [1.807, 2.05) is 0 Å². The summed E-state index contributed by atoms with van der Waals surface area (Å²) in [7, 11) is 0. The molecule has 16 heavy (non-hydrogen) atoms. The van der Waals surface area contributed by atoms with E-state index in [-0.39, 0.29) is 11.4 Å². The predicted molar refractivity (Wildman–Crippen MR) is 54.7 cm³/mol. The van der Waals surface area contributed by atoms with Crippen molar-refractivity contribution < 1.29 is 15.0 Å². The van der Waals surface area contributed by atoms with Crippen molar-refractivity contribution in [2.75, 3.05) is 0 Å². The predicted octanol–water partition coefficient (Wildman–Crippen LogP) is 0.980. The van der Waals surface area contributed by atoms with Crippen molar-refractivity contribution in [2.45, 2.75) is 6.92 Å². The van der Waals surface area contributed by atoms with Gasteiger partial charge in [0.15, 0.2) is 5.69 Å². The minimum atomic E-state index is -1.12. The van der Waals surface area contributed by atoms with Gasteiger partial charge in [0.05, 0.1) is 11.4 Å². The molecular formula is C10H9N3O3. The average Bonchev–Trinajstić information content (AvgIpc) is 2.60. The third kappa shape index (κ3) is 1.60. The number of benzene rings is 1. The van der Waals surface area contributed by atoms with E-state index in [2.05, 4.69) is 10.3 Å². The maximum Gasteiger partial charge on any atom is 0.358 e. The van der Waals surface area contributed by atoms with Crippen LogP contribution in [-0.2, 0) is 0 Å². The number of rotatable bonds is 2. The second kappa shape index (κ2) is 3.65. The summed E-state index contributed by atoms with van der Waals surface area (Å²) in [5.41, 5.74) is 0.888. The largest absolute Gasteiger partial charge is 0.508 e. The monoisotopic (exact) mass is 219 g/mol. The highest BCUT2D eigenvalue weighted by molar-refractivity contribution is 5.86. The second-order valence-electron chi connectivity index (χ2n) is 3.26. The van der Waals surface area contributed by atoms with Gasteiger partial charge in [0.25, 0.3) is 0 Å². The van der Waals surface area contributed by atoms with Crippen molar-refractivity contribution in [1.82, 2.24) is 15.0 Å².